The predicted octanol–water partition coefficient (Wildman–Crippen LogP) is 7.19. The Morgan fingerprint density at radius 1 is 0.897 bits per heavy atom. The van der Waals surface area contributed by atoms with Gasteiger partial charge in [-0.15, -0.1) is 0 Å². The average Bonchev–Trinajstić information content (AvgIpc) is 2.62. The number of hydrogen-bond acceptors (Lipinski definition) is 5. The molecule has 0 aliphatic carbocycles. The highest BCUT2D eigenvalue weighted by Gasteiger charge is 2.41. The van der Waals surface area contributed by atoms with Gasteiger partial charge in [0.05, 0.1) is 27.2 Å². The fraction of sp³-hybridized carbons (Fsp3) is 0.250. The quantitative estimate of drug-likeness (QED) is 0.272. The third-order valence-corrected chi connectivity index (χ3v) is 7.32. The molecule has 0 saturated heterocycles. The molecule has 0 atom stereocenters. The number of nitro benzene ring substituents is 2. The Balaban J connectivity index is 2.98. The fourth-order valence-corrected chi connectivity index (χ4v) is 5.27. The largest absolute Gasteiger partial charge is 0.418 e. The Morgan fingerprint density at radius 3 is 1.76 bits per heavy atom. The van der Waals surface area contributed by atoms with Crippen molar-refractivity contribution >= 4 is 70.5 Å². The second-order valence-electron chi connectivity index (χ2n) is 5.97. The van der Waals surface area contributed by atoms with E-state index in [-0.39, 0.29) is 5.69 Å². The maximum Gasteiger partial charge on any atom is 0.418 e. The minimum atomic E-state index is -5.07. The van der Waals surface area contributed by atoms with Crippen molar-refractivity contribution in [2.24, 2.45) is 0 Å². The molecule has 0 aliphatic heterocycles. The molecule has 0 aliphatic rings. The zero-order valence-electron chi connectivity index (χ0n) is 14.9. The molecule has 0 saturated carbocycles. The summed E-state index contributed by atoms with van der Waals surface area (Å²) < 4.78 is 42.7. The van der Waals surface area contributed by atoms with Crippen molar-refractivity contribution < 1.29 is 23.0 Å². The highest BCUT2D eigenvalue weighted by Crippen LogP contribution is 2.50. The van der Waals surface area contributed by atoms with Gasteiger partial charge in [0, 0.05) is 26.5 Å². The number of hydrogen-bond donors (Lipinski definition) is 0. The summed E-state index contributed by atoms with van der Waals surface area (Å²) in [5.74, 6) is 0. The first kappa shape index (κ1) is 23.5. The van der Waals surface area contributed by atoms with Crippen molar-refractivity contribution in [1.82, 2.24) is 0 Å². The number of benzene rings is 2. The summed E-state index contributed by atoms with van der Waals surface area (Å²) >= 11 is 10.0. The lowest BCUT2D eigenvalue weighted by molar-refractivity contribution is -0.394. The summed E-state index contributed by atoms with van der Waals surface area (Å²) in [6, 6.07) is 0.806. The maximum absolute atomic E-state index is 13.7. The smallest absolute Gasteiger partial charge is 0.337 e. The average molecular weight is 606 g/mol. The van der Waals surface area contributed by atoms with E-state index in [1.54, 1.807) is 13.8 Å². The van der Waals surface area contributed by atoms with E-state index in [0.29, 0.717) is 36.7 Å². The maximum atomic E-state index is 13.7. The van der Waals surface area contributed by atoms with Crippen LogP contribution in [0.1, 0.15) is 16.7 Å². The lowest BCUT2D eigenvalue weighted by Gasteiger charge is -2.27. The second kappa shape index (κ2) is 8.19. The zero-order valence-corrected chi connectivity index (χ0v) is 19.7. The molecule has 13 heteroatoms. The first-order valence-corrected chi connectivity index (χ1v) is 9.99. The predicted molar refractivity (Wildman–Crippen MR) is 112 cm³/mol. The minimum Gasteiger partial charge on any atom is -0.337 e. The van der Waals surface area contributed by atoms with Crippen molar-refractivity contribution in [3.63, 3.8) is 0 Å². The van der Waals surface area contributed by atoms with Gasteiger partial charge in [0.25, 0.3) is 11.4 Å². The van der Waals surface area contributed by atoms with Crippen LogP contribution >= 0.6 is 47.8 Å². The lowest BCUT2D eigenvalue weighted by atomic mass is 10.1. The first-order chi connectivity index (χ1) is 13.2. The number of nitrogens with zero attached hydrogens (tertiary/aromatic N) is 3. The van der Waals surface area contributed by atoms with Gasteiger partial charge in [-0.25, -0.2) is 0 Å². The lowest BCUT2D eigenvalue weighted by Crippen LogP contribution is -2.20. The van der Waals surface area contributed by atoms with Crippen LogP contribution in [0, 0.1) is 34.1 Å². The van der Waals surface area contributed by atoms with Crippen molar-refractivity contribution in [3.8, 4) is 0 Å². The standard InChI is InChI=1S/C16H11Br3F3N3O4/c1-6-11(17)7(2)13(19)15(12(6)18)23(3)14-9(16(20,21)22)4-8(24(26)27)5-10(14)25(28)29/h4-5H,1-3H3. The molecule has 7 nitrogen and oxygen atoms in total. The highest BCUT2D eigenvalue weighted by atomic mass is 79.9. The molecular formula is C16H11Br3F3N3O4. The summed E-state index contributed by atoms with van der Waals surface area (Å²) in [7, 11) is 1.22. The van der Waals surface area contributed by atoms with Gasteiger partial charge < -0.3 is 4.90 Å². The summed E-state index contributed by atoms with van der Waals surface area (Å²) in [6.07, 6.45) is -5.07. The Kier molecular flexibility index (Phi) is 6.65. The summed E-state index contributed by atoms with van der Waals surface area (Å²) in [6.45, 7) is 3.42. The fourth-order valence-electron chi connectivity index (χ4n) is 2.75. The van der Waals surface area contributed by atoms with Gasteiger partial charge in [-0.05, 0) is 56.8 Å². The number of halogens is 6. The highest BCUT2D eigenvalue weighted by molar-refractivity contribution is 9.11. The molecule has 2 aromatic rings. The molecule has 0 spiro atoms. The van der Waals surface area contributed by atoms with Gasteiger partial charge in [-0.1, -0.05) is 15.9 Å². The van der Waals surface area contributed by atoms with E-state index in [1.165, 1.54) is 7.05 Å². The molecule has 0 unspecified atom stereocenters. The normalized spacial score (nSPS) is 11.5. The number of non-ortho nitro benzene ring substituents is 1. The van der Waals surface area contributed by atoms with Crippen LogP contribution in [0.15, 0.2) is 25.6 Å². The van der Waals surface area contributed by atoms with E-state index in [1.807, 2.05) is 0 Å². The first-order valence-electron chi connectivity index (χ1n) is 7.61. The van der Waals surface area contributed by atoms with Gasteiger partial charge in [0.15, 0.2) is 0 Å². The van der Waals surface area contributed by atoms with Crippen molar-refractivity contribution in [2.45, 2.75) is 20.0 Å². The number of anilines is 2. The third kappa shape index (κ3) is 4.26. The van der Waals surface area contributed by atoms with Crippen LogP contribution in [-0.2, 0) is 6.18 Å². The van der Waals surface area contributed by atoms with Crippen LogP contribution < -0.4 is 4.90 Å². The molecule has 0 N–H and O–H groups in total. The Hall–Kier alpha value is -1.73. The number of rotatable bonds is 4. The minimum absolute atomic E-state index is 0.200. The van der Waals surface area contributed by atoms with Gasteiger partial charge in [-0.2, -0.15) is 13.2 Å². The molecule has 0 bridgehead atoms. The van der Waals surface area contributed by atoms with E-state index in [0.717, 1.165) is 4.90 Å². The summed E-state index contributed by atoms with van der Waals surface area (Å²) in [5, 5.41) is 22.6. The van der Waals surface area contributed by atoms with Gasteiger partial charge in [-0.3, -0.25) is 20.2 Å². The zero-order chi connectivity index (χ0) is 22.4. The molecule has 0 radical (unpaired) electrons. The van der Waals surface area contributed by atoms with Crippen molar-refractivity contribution in [1.29, 1.82) is 0 Å². The van der Waals surface area contributed by atoms with E-state index in [9.17, 15) is 33.4 Å². The van der Waals surface area contributed by atoms with Crippen molar-refractivity contribution in [2.75, 3.05) is 11.9 Å². The van der Waals surface area contributed by atoms with Crippen LogP contribution in [0.3, 0.4) is 0 Å². The SMILES string of the molecule is Cc1c(Br)c(C)c(Br)c(N(C)c2c([N+](=O)[O-])cc([N+](=O)[O-])cc2C(F)(F)F)c1Br. The Bertz CT molecular complexity index is 1020. The number of nitro groups is 2. The molecular weight excluding hydrogens is 595 g/mol. The van der Waals surface area contributed by atoms with Gasteiger partial charge in [0.2, 0.25) is 0 Å². The van der Waals surface area contributed by atoms with Crippen LogP contribution in [0.5, 0.6) is 0 Å². The third-order valence-electron chi connectivity index (χ3n) is 4.19. The summed E-state index contributed by atoms with van der Waals surface area (Å²) in [5.41, 5.74) is -2.84. The number of alkyl halides is 3. The van der Waals surface area contributed by atoms with Crippen LogP contribution in [-0.4, -0.2) is 16.9 Å². The molecule has 0 aromatic heterocycles. The van der Waals surface area contributed by atoms with E-state index >= 15 is 0 Å². The van der Waals surface area contributed by atoms with E-state index in [2.05, 4.69) is 47.8 Å². The van der Waals surface area contributed by atoms with E-state index in [4.69, 9.17) is 0 Å². The second-order valence-corrected chi connectivity index (χ2v) is 8.35. The topological polar surface area (TPSA) is 89.5 Å². The van der Waals surface area contributed by atoms with Gasteiger partial charge in [0.1, 0.15) is 5.69 Å². The molecule has 156 valence electrons. The van der Waals surface area contributed by atoms with Crippen LogP contribution in [0.4, 0.5) is 35.9 Å². The monoisotopic (exact) mass is 603 g/mol. The Morgan fingerprint density at radius 2 is 1.38 bits per heavy atom. The molecule has 0 amide bonds. The Labute approximate surface area is 187 Å². The van der Waals surface area contributed by atoms with Crippen LogP contribution in [0.25, 0.3) is 0 Å². The molecule has 2 rings (SSSR count). The molecule has 2 aromatic carbocycles. The van der Waals surface area contributed by atoms with Gasteiger partial charge >= 0.3 is 6.18 Å². The van der Waals surface area contributed by atoms with Crippen LogP contribution in [0.2, 0.25) is 0 Å². The van der Waals surface area contributed by atoms with E-state index < -0.39 is 38.6 Å². The molecule has 0 fully saturated rings. The van der Waals surface area contributed by atoms with Crippen molar-refractivity contribution in [3.05, 3.63) is 62.5 Å². The molecule has 0 heterocycles. The molecule has 29 heavy (non-hydrogen) atoms. The summed E-state index contributed by atoms with van der Waals surface area (Å²) in [4.78, 5) is 21.4.